The van der Waals surface area contributed by atoms with Crippen LogP contribution in [-0.2, 0) is 6.42 Å². The highest BCUT2D eigenvalue weighted by Crippen LogP contribution is 2.07. The third-order valence-corrected chi connectivity index (χ3v) is 3.41. The van der Waals surface area contributed by atoms with Gasteiger partial charge in [-0.2, -0.15) is 10.2 Å². The van der Waals surface area contributed by atoms with E-state index < -0.39 is 0 Å². The van der Waals surface area contributed by atoms with Gasteiger partial charge < -0.3 is 0 Å². The fourth-order valence-corrected chi connectivity index (χ4v) is 2.07. The van der Waals surface area contributed by atoms with Crippen molar-refractivity contribution >= 4 is 12.4 Å². The number of rotatable bonds is 7. The Hall–Kier alpha value is -2.48. The Labute approximate surface area is 132 Å². The highest BCUT2D eigenvalue weighted by molar-refractivity contribution is 5.82. The van der Waals surface area contributed by atoms with Crippen LogP contribution in [0.5, 0.6) is 0 Å². The summed E-state index contributed by atoms with van der Waals surface area (Å²) in [5, 5.41) is 8.18. The second-order valence-electron chi connectivity index (χ2n) is 5.32. The van der Waals surface area contributed by atoms with Crippen molar-refractivity contribution in [2.75, 3.05) is 0 Å². The molecule has 112 valence electrons. The lowest BCUT2D eigenvalue weighted by Crippen LogP contribution is -1.86. The molecule has 2 nitrogen and oxygen atoms in total. The van der Waals surface area contributed by atoms with E-state index in [1.165, 1.54) is 11.1 Å². The minimum absolute atomic E-state index is 1.06. The van der Waals surface area contributed by atoms with E-state index in [1.54, 1.807) is 12.4 Å². The summed E-state index contributed by atoms with van der Waals surface area (Å²) in [5.41, 5.74) is 4.71. The monoisotopic (exact) mass is 290 g/mol. The van der Waals surface area contributed by atoms with Crippen LogP contribution in [0.1, 0.15) is 35.1 Å². The number of allylic oxidation sites excluding steroid dienone is 1. The zero-order chi connectivity index (χ0) is 15.6. The molecule has 22 heavy (non-hydrogen) atoms. The van der Waals surface area contributed by atoms with Crippen molar-refractivity contribution in [3.05, 3.63) is 83.4 Å². The molecule has 0 atom stereocenters. The molecule has 2 rings (SSSR count). The second-order valence-corrected chi connectivity index (χ2v) is 5.32. The van der Waals surface area contributed by atoms with E-state index in [1.807, 2.05) is 18.2 Å². The molecule has 2 aromatic rings. The van der Waals surface area contributed by atoms with Gasteiger partial charge in [-0.05, 0) is 42.9 Å². The molecule has 0 aliphatic rings. The Morgan fingerprint density at radius 1 is 0.864 bits per heavy atom. The lowest BCUT2D eigenvalue weighted by Gasteiger charge is -1.99. The Morgan fingerprint density at radius 2 is 1.41 bits per heavy atom. The molecule has 0 fully saturated rings. The minimum atomic E-state index is 1.06. The quantitative estimate of drug-likeness (QED) is 0.298. The maximum atomic E-state index is 4.10. The Bertz CT molecular complexity index is 634. The fourth-order valence-electron chi connectivity index (χ4n) is 2.07. The van der Waals surface area contributed by atoms with Gasteiger partial charge in [0.15, 0.2) is 0 Å². The summed E-state index contributed by atoms with van der Waals surface area (Å²) in [6, 6.07) is 16.6. The normalized spacial score (nSPS) is 11.3. The predicted octanol–water partition coefficient (Wildman–Crippen LogP) is 4.96. The molecule has 0 aliphatic carbocycles. The molecular formula is C20H22N2. The molecule has 0 unspecified atom stereocenters. The summed E-state index contributed by atoms with van der Waals surface area (Å²) in [7, 11) is 0. The van der Waals surface area contributed by atoms with Gasteiger partial charge in [-0.3, -0.25) is 0 Å². The maximum absolute atomic E-state index is 4.10. The van der Waals surface area contributed by atoms with Gasteiger partial charge in [0.1, 0.15) is 0 Å². The smallest absolute Gasteiger partial charge is 0.0568 e. The molecule has 0 spiro atoms. The van der Waals surface area contributed by atoms with Crippen LogP contribution in [0.15, 0.2) is 71.4 Å². The number of hydrogen-bond donors (Lipinski definition) is 0. The predicted molar refractivity (Wildman–Crippen MR) is 95.9 cm³/mol. The third-order valence-electron chi connectivity index (χ3n) is 3.41. The van der Waals surface area contributed by atoms with Crippen molar-refractivity contribution in [1.29, 1.82) is 0 Å². The number of nitrogens with zero attached hydrogens (tertiary/aromatic N) is 2. The summed E-state index contributed by atoms with van der Waals surface area (Å²) in [4.78, 5) is 0. The van der Waals surface area contributed by atoms with Crippen LogP contribution in [0.25, 0.3) is 0 Å². The number of unbranched alkanes of at least 4 members (excludes halogenated alkanes) is 1. The van der Waals surface area contributed by atoms with Gasteiger partial charge in [0, 0.05) is 0 Å². The van der Waals surface area contributed by atoms with Crippen LogP contribution in [0.4, 0.5) is 0 Å². The standard InChI is InChI=1S/C20H22N2/c1-3-4-5-6-18-11-13-20(14-12-18)16-22-21-15-19-9-7-17(2)8-10-19/h3,7-16H,1,4-6H2,2H3. The van der Waals surface area contributed by atoms with Crippen molar-refractivity contribution < 1.29 is 0 Å². The maximum Gasteiger partial charge on any atom is 0.0568 e. The first-order valence-corrected chi connectivity index (χ1v) is 7.61. The molecule has 0 heterocycles. The number of hydrogen-bond acceptors (Lipinski definition) is 2. The zero-order valence-electron chi connectivity index (χ0n) is 13.1. The Kier molecular flexibility index (Phi) is 6.31. The van der Waals surface area contributed by atoms with Gasteiger partial charge in [-0.25, -0.2) is 0 Å². The van der Waals surface area contributed by atoms with Crippen molar-refractivity contribution in [2.45, 2.75) is 26.2 Å². The van der Waals surface area contributed by atoms with Crippen molar-refractivity contribution in [2.24, 2.45) is 10.2 Å². The van der Waals surface area contributed by atoms with Crippen molar-refractivity contribution in [3.8, 4) is 0 Å². The van der Waals surface area contributed by atoms with E-state index >= 15 is 0 Å². The van der Waals surface area contributed by atoms with E-state index in [2.05, 4.69) is 60.1 Å². The topological polar surface area (TPSA) is 24.7 Å². The third kappa shape index (κ3) is 5.49. The largest absolute Gasteiger partial charge is 0.159 e. The van der Waals surface area contributed by atoms with Crippen molar-refractivity contribution in [3.63, 3.8) is 0 Å². The molecule has 0 bridgehead atoms. The summed E-state index contributed by atoms with van der Waals surface area (Å²) >= 11 is 0. The van der Waals surface area contributed by atoms with Gasteiger partial charge >= 0.3 is 0 Å². The van der Waals surface area contributed by atoms with Crippen LogP contribution in [0, 0.1) is 6.92 Å². The summed E-state index contributed by atoms with van der Waals surface area (Å²) in [6.07, 6.45) is 8.81. The molecule has 0 N–H and O–H groups in total. The molecule has 0 aromatic heterocycles. The first kappa shape index (κ1) is 15.9. The summed E-state index contributed by atoms with van der Waals surface area (Å²) in [5.74, 6) is 0. The van der Waals surface area contributed by atoms with Gasteiger partial charge in [0.25, 0.3) is 0 Å². The minimum Gasteiger partial charge on any atom is -0.159 e. The average molecular weight is 290 g/mol. The summed E-state index contributed by atoms with van der Waals surface area (Å²) in [6.45, 7) is 5.81. The second kappa shape index (κ2) is 8.73. The fraction of sp³-hybridized carbons (Fsp3) is 0.200. The lowest BCUT2D eigenvalue weighted by molar-refractivity contribution is 0.844. The molecule has 0 amide bonds. The summed E-state index contributed by atoms with van der Waals surface area (Å²) < 4.78 is 0. The lowest BCUT2D eigenvalue weighted by atomic mass is 10.1. The van der Waals surface area contributed by atoms with Gasteiger partial charge in [0.2, 0.25) is 0 Å². The molecule has 0 saturated heterocycles. The van der Waals surface area contributed by atoms with Crippen molar-refractivity contribution in [1.82, 2.24) is 0 Å². The van der Waals surface area contributed by atoms with E-state index in [0.29, 0.717) is 0 Å². The molecule has 0 aliphatic heterocycles. The van der Waals surface area contributed by atoms with E-state index in [4.69, 9.17) is 0 Å². The first-order valence-electron chi connectivity index (χ1n) is 7.61. The van der Waals surface area contributed by atoms with E-state index in [9.17, 15) is 0 Å². The molecule has 0 saturated carbocycles. The van der Waals surface area contributed by atoms with Crippen LogP contribution >= 0.6 is 0 Å². The van der Waals surface area contributed by atoms with E-state index in [0.717, 1.165) is 30.4 Å². The Morgan fingerprint density at radius 3 is 1.95 bits per heavy atom. The van der Waals surface area contributed by atoms with Gasteiger partial charge in [0.05, 0.1) is 12.4 Å². The number of benzene rings is 2. The van der Waals surface area contributed by atoms with Gasteiger partial charge in [-0.15, -0.1) is 6.58 Å². The Balaban J connectivity index is 1.87. The average Bonchev–Trinajstić information content (AvgIpc) is 2.55. The molecular weight excluding hydrogens is 268 g/mol. The SMILES string of the molecule is C=CCCCc1ccc(C=NN=Cc2ccc(C)cc2)cc1. The van der Waals surface area contributed by atoms with Crippen LogP contribution in [0.3, 0.4) is 0 Å². The van der Waals surface area contributed by atoms with E-state index in [-0.39, 0.29) is 0 Å². The van der Waals surface area contributed by atoms with Gasteiger partial charge in [-0.1, -0.05) is 60.2 Å². The molecule has 2 heteroatoms. The first-order chi connectivity index (χ1) is 10.8. The molecule has 2 aromatic carbocycles. The van der Waals surface area contributed by atoms with Crippen LogP contribution < -0.4 is 0 Å². The number of aryl methyl sites for hydroxylation is 2. The highest BCUT2D eigenvalue weighted by Gasteiger charge is 1.93. The van der Waals surface area contributed by atoms with Crippen LogP contribution in [0.2, 0.25) is 0 Å². The highest BCUT2D eigenvalue weighted by atomic mass is 15.2. The molecule has 0 radical (unpaired) electrons. The zero-order valence-corrected chi connectivity index (χ0v) is 13.1. The van der Waals surface area contributed by atoms with Crippen LogP contribution in [-0.4, -0.2) is 12.4 Å².